The zero-order valence-corrected chi connectivity index (χ0v) is 69.6. The average molecular weight is 1400 g/mol. The Labute approximate surface area is 640 Å². The maximum absolute atomic E-state index is 2.30. The predicted octanol–water partition coefficient (Wildman–Crippen LogP) is 33.7. The highest BCUT2D eigenvalue weighted by Crippen LogP contribution is 2.34. The summed E-state index contributed by atoms with van der Waals surface area (Å²) in [5.74, 6) is 0. The first-order valence-electron chi connectivity index (χ1n) is 39.4. The number of rotatable bonds is 0. The van der Waals surface area contributed by atoms with Gasteiger partial charge in [-0.1, -0.05) is 373 Å². The van der Waals surface area contributed by atoms with Gasteiger partial charge in [0.2, 0.25) is 0 Å². The van der Waals surface area contributed by atoms with E-state index in [1.54, 1.807) is 0 Å². The minimum absolute atomic E-state index is 1.32. The summed E-state index contributed by atoms with van der Waals surface area (Å²) in [4.78, 5) is 0. The summed E-state index contributed by atoms with van der Waals surface area (Å²) in [5.41, 5.74) is 16.2. The highest BCUT2D eigenvalue weighted by Gasteiger charge is 2.09. The fourth-order valence-electron chi connectivity index (χ4n) is 13.5. The van der Waals surface area contributed by atoms with E-state index in [0.29, 0.717) is 0 Å². The molecule has 0 N–H and O–H groups in total. The number of hydrogen-bond acceptors (Lipinski definition) is 0. The lowest BCUT2D eigenvalue weighted by Crippen LogP contribution is -1.87. The second-order valence-electron chi connectivity index (χ2n) is 25.5. The van der Waals surface area contributed by atoms with Crippen LogP contribution in [0, 0.1) is 83.1 Å². The summed E-state index contributed by atoms with van der Waals surface area (Å²) in [6.07, 6.45) is 0. The lowest BCUT2D eigenvalue weighted by molar-refractivity contribution is 1.47. The third kappa shape index (κ3) is 21.6. The molecule has 0 heteroatoms. The monoisotopic (exact) mass is 1400 g/mol. The van der Waals surface area contributed by atoms with Crippen molar-refractivity contribution >= 4 is 118 Å². The molecule has 0 amide bonds. The van der Waals surface area contributed by atoms with Crippen LogP contribution in [0.2, 0.25) is 0 Å². The molecule has 0 heterocycles. The molecule has 0 spiro atoms. The zero-order chi connectivity index (χ0) is 78.2. The molecule has 0 saturated carbocycles. The van der Waals surface area contributed by atoms with Crippen molar-refractivity contribution in [3.05, 3.63) is 346 Å². The predicted molar refractivity (Wildman–Crippen MR) is 487 cm³/mol. The van der Waals surface area contributed by atoms with Crippen LogP contribution in [0.4, 0.5) is 0 Å². The molecule has 0 aromatic heterocycles. The molecule has 0 bridgehead atoms. The molecule has 106 heavy (non-hydrogen) atoms. The summed E-state index contributed by atoms with van der Waals surface area (Å²) in [6.45, 7) is 54.0. The van der Waals surface area contributed by atoms with Gasteiger partial charge in [0.05, 0.1) is 0 Å². The molecular formula is C106H124. The van der Waals surface area contributed by atoms with E-state index in [0.717, 1.165) is 0 Å². The number of aryl methyl sites for hydroxylation is 12. The van der Waals surface area contributed by atoms with Crippen molar-refractivity contribution in [1.82, 2.24) is 0 Å². The standard InChI is InChI=1S/5C16H14.C12H12.7C2H6/c1-11-3-7-15-13(9-11)5-6-14-10-12(2)4-8-16(14)15;1-11-3-5-13-10-16-8-12(2)4-6-14(16)9-15(13)7-11;1-11-13-7-3-5-9-15(13)12(2)16-10-6-4-8-14(11)16;1-11-6-5-9-15-12(2)14-8-4-3-7-13(14)10-16(11)15;1-11-7-8-12(2)16-10-14-6-4-3-5-13(14)9-15(11)16;1-9-6-7-12-10(2)4-3-5-11(12)8-9;7*1-2/h5*3-10H,1-2H3;3-8H,1-2H3;7*1-2H3. The summed E-state index contributed by atoms with van der Waals surface area (Å²) in [7, 11) is 0. The first-order valence-corrected chi connectivity index (χ1v) is 39.4. The lowest BCUT2D eigenvalue weighted by atomic mass is 9.93. The molecule has 0 aliphatic carbocycles. The minimum Gasteiger partial charge on any atom is -0.0683 e. The molecular weight excluding hydrogens is 1270 g/mol. The number of benzene rings is 17. The quantitative estimate of drug-likeness (QED) is 0.105. The van der Waals surface area contributed by atoms with Crippen molar-refractivity contribution < 1.29 is 0 Å². The molecule has 548 valence electrons. The summed E-state index contributed by atoms with van der Waals surface area (Å²) in [5, 5.41) is 29.7. The Hall–Kier alpha value is -10.4. The van der Waals surface area contributed by atoms with E-state index in [2.05, 4.69) is 362 Å². The minimum atomic E-state index is 1.32. The fraction of sp³-hybridized carbons (Fsp3) is 0.245. The smallest absolute Gasteiger partial charge is 0.0105 e. The summed E-state index contributed by atoms with van der Waals surface area (Å²) < 4.78 is 0. The molecule has 0 nitrogen and oxygen atoms in total. The third-order valence-electron chi connectivity index (χ3n) is 18.7. The maximum Gasteiger partial charge on any atom is -0.0105 e. The van der Waals surface area contributed by atoms with Crippen molar-refractivity contribution in [3.63, 3.8) is 0 Å². The van der Waals surface area contributed by atoms with Crippen LogP contribution in [0.1, 0.15) is 164 Å². The second-order valence-corrected chi connectivity index (χ2v) is 25.5. The van der Waals surface area contributed by atoms with E-state index in [9.17, 15) is 0 Å². The molecule has 17 aromatic carbocycles. The van der Waals surface area contributed by atoms with Gasteiger partial charge in [0.1, 0.15) is 0 Å². The fourth-order valence-corrected chi connectivity index (χ4v) is 13.5. The van der Waals surface area contributed by atoms with Gasteiger partial charge in [0.25, 0.3) is 0 Å². The number of hydrogen-bond donors (Lipinski definition) is 0. The topological polar surface area (TPSA) is 0 Å². The van der Waals surface area contributed by atoms with Crippen molar-refractivity contribution in [3.8, 4) is 0 Å². The molecule has 0 radical (unpaired) electrons. The van der Waals surface area contributed by atoms with Gasteiger partial charge in [0.15, 0.2) is 0 Å². The zero-order valence-electron chi connectivity index (χ0n) is 69.6. The van der Waals surface area contributed by atoms with Crippen molar-refractivity contribution in [2.24, 2.45) is 0 Å². The van der Waals surface area contributed by atoms with Gasteiger partial charge in [-0.25, -0.2) is 0 Å². The Kier molecular flexibility index (Phi) is 35.6. The molecule has 0 atom stereocenters. The molecule has 0 unspecified atom stereocenters. The van der Waals surface area contributed by atoms with Crippen LogP contribution in [0.5, 0.6) is 0 Å². The summed E-state index contributed by atoms with van der Waals surface area (Å²) >= 11 is 0. The highest BCUT2D eigenvalue weighted by molar-refractivity contribution is 6.09. The molecule has 0 aliphatic rings. The molecule has 17 rings (SSSR count). The Morgan fingerprint density at radius 1 is 0.123 bits per heavy atom. The molecule has 17 aromatic rings. The van der Waals surface area contributed by atoms with Crippen LogP contribution in [0.15, 0.2) is 279 Å². The third-order valence-corrected chi connectivity index (χ3v) is 18.7. The van der Waals surface area contributed by atoms with Gasteiger partial charge in [-0.2, -0.15) is 0 Å². The summed E-state index contributed by atoms with van der Waals surface area (Å²) in [6, 6.07) is 101. The first-order chi connectivity index (χ1) is 51.5. The molecule has 0 fully saturated rings. The van der Waals surface area contributed by atoms with Gasteiger partial charge in [-0.05, 0) is 271 Å². The Balaban J connectivity index is 0.000000221. The van der Waals surface area contributed by atoms with Crippen LogP contribution in [-0.2, 0) is 0 Å². The van der Waals surface area contributed by atoms with E-state index < -0.39 is 0 Å². The Bertz CT molecular complexity index is 5220. The van der Waals surface area contributed by atoms with Crippen LogP contribution in [0.25, 0.3) is 118 Å². The SMILES string of the molecule is CC.CC.CC.CC.CC.CC.CC.Cc1c2ccccc2c(C)c2ccccc12.Cc1ccc(C)c2cc3ccccc3cc12.Cc1ccc2c(C)cccc2c1.Cc1ccc2c(ccc3cc(C)ccc32)c1.Cc1ccc2cc3cc(C)ccc3cc2c1.Cc1cccc2c(C)c3ccccc3cc12. The molecule has 0 aliphatic heterocycles. The van der Waals surface area contributed by atoms with Crippen molar-refractivity contribution in [2.75, 3.05) is 0 Å². The molecule has 0 saturated heterocycles. The number of fused-ring (bicyclic) bond motifs is 12. The first kappa shape index (κ1) is 86.2. The van der Waals surface area contributed by atoms with Crippen molar-refractivity contribution in [2.45, 2.75) is 180 Å². The Morgan fingerprint density at radius 3 is 0.736 bits per heavy atom. The van der Waals surface area contributed by atoms with Crippen LogP contribution in [-0.4, -0.2) is 0 Å². The van der Waals surface area contributed by atoms with Gasteiger partial charge < -0.3 is 0 Å². The van der Waals surface area contributed by atoms with Gasteiger partial charge in [-0.3, -0.25) is 0 Å². The Morgan fingerprint density at radius 2 is 0.340 bits per heavy atom. The van der Waals surface area contributed by atoms with Crippen LogP contribution < -0.4 is 0 Å². The van der Waals surface area contributed by atoms with Gasteiger partial charge in [0, 0.05) is 0 Å². The normalized spacial score (nSPS) is 9.98. The van der Waals surface area contributed by atoms with E-state index in [-0.39, 0.29) is 0 Å². The van der Waals surface area contributed by atoms with Crippen molar-refractivity contribution in [1.29, 1.82) is 0 Å². The maximum atomic E-state index is 2.30. The highest BCUT2D eigenvalue weighted by atomic mass is 14.1. The van der Waals surface area contributed by atoms with E-state index in [1.165, 1.54) is 185 Å². The van der Waals surface area contributed by atoms with E-state index >= 15 is 0 Å². The average Bonchev–Trinajstić information content (AvgIpc) is 0.775. The second kappa shape index (κ2) is 43.8. The van der Waals surface area contributed by atoms with E-state index in [1.807, 2.05) is 96.9 Å². The van der Waals surface area contributed by atoms with Gasteiger partial charge in [-0.15, -0.1) is 0 Å². The largest absolute Gasteiger partial charge is 0.0683 e. The van der Waals surface area contributed by atoms with Gasteiger partial charge >= 0.3 is 0 Å². The van der Waals surface area contributed by atoms with E-state index in [4.69, 9.17) is 0 Å². The van der Waals surface area contributed by atoms with Crippen LogP contribution >= 0.6 is 0 Å². The van der Waals surface area contributed by atoms with Crippen LogP contribution in [0.3, 0.4) is 0 Å². The lowest BCUT2D eigenvalue weighted by Gasteiger charge is -2.11.